The Labute approximate surface area is 93.0 Å². The minimum atomic E-state index is 0.224. The van der Waals surface area contributed by atoms with Crippen LogP contribution in [-0.2, 0) is 4.79 Å². The second-order valence-electron chi connectivity index (χ2n) is 5.94. The fourth-order valence-electron chi connectivity index (χ4n) is 3.37. The van der Waals surface area contributed by atoms with Crippen molar-refractivity contribution in [2.24, 2.45) is 10.8 Å². The standard InChI is InChI=1S/C13H23NO/c1-5-11(15)10-7-13(8-12(13,3)4)9-14(10)6-2/h10H,5-9H2,1-4H3/t10-,13-/m0/s1. The number of carbonyl (C=O) groups excluding carboxylic acids is 1. The first-order chi connectivity index (χ1) is 6.96. The lowest BCUT2D eigenvalue weighted by atomic mass is 9.92. The smallest absolute Gasteiger partial charge is 0.149 e. The van der Waals surface area contributed by atoms with Gasteiger partial charge in [-0.3, -0.25) is 9.69 Å². The predicted molar refractivity (Wildman–Crippen MR) is 61.8 cm³/mol. The summed E-state index contributed by atoms with van der Waals surface area (Å²) in [5.74, 6) is 0.441. The molecule has 0 N–H and O–H groups in total. The lowest BCUT2D eigenvalue weighted by Crippen LogP contribution is -2.35. The zero-order chi connectivity index (χ0) is 11.3. The van der Waals surface area contributed by atoms with E-state index in [4.69, 9.17) is 0 Å². The van der Waals surface area contributed by atoms with Crippen LogP contribution in [0.5, 0.6) is 0 Å². The van der Waals surface area contributed by atoms with Gasteiger partial charge in [0.15, 0.2) is 0 Å². The molecule has 0 aromatic carbocycles. The molecule has 0 aromatic heterocycles. The van der Waals surface area contributed by atoms with Gasteiger partial charge in [-0.25, -0.2) is 0 Å². The van der Waals surface area contributed by atoms with Crippen LogP contribution in [0.15, 0.2) is 0 Å². The maximum atomic E-state index is 11.9. The molecule has 1 saturated carbocycles. The Hall–Kier alpha value is -0.370. The molecule has 0 aromatic rings. The minimum Gasteiger partial charge on any atom is -0.298 e. The molecule has 1 heterocycles. The Morgan fingerprint density at radius 1 is 1.40 bits per heavy atom. The van der Waals surface area contributed by atoms with E-state index in [1.54, 1.807) is 0 Å². The maximum absolute atomic E-state index is 11.9. The number of likely N-dealkylation sites (N-methyl/N-ethyl adjacent to an activating group) is 1. The van der Waals surface area contributed by atoms with E-state index < -0.39 is 0 Å². The van der Waals surface area contributed by atoms with Gasteiger partial charge in [0.25, 0.3) is 0 Å². The summed E-state index contributed by atoms with van der Waals surface area (Å²) in [6.07, 6.45) is 3.11. The van der Waals surface area contributed by atoms with E-state index in [0.29, 0.717) is 23.0 Å². The summed E-state index contributed by atoms with van der Waals surface area (Å²) in [5.41, 5.74) is 0.946. The third-order valence-electron chi connectivity index (χ3n) is 4.75. The van der Waals surface area contributed by atoms with Crippen molar-refractivity contribution in [1.29, 1.82) is 0 Å². The topological polar surface area (TPSA) is 20.3 Å². The number of hydrogen-bond acceptors (Lipinski definition) is 2. The van der Waals surface area contributed by atoms with Gasteiger partial charge in [-0.1, -0.05) is 27.7 Å². The van der Waals surface area contributed by atoms with Gasteiger partial charge in [0.05, 0.1) is 6.04 Å². The highest BCUT2D eigenvalue weighted by molar-refractivity contribution is 5.84. The molecule has 86 valence electrons. The number of rotatable bonds is 3. The van der Waals surface area contributed by atoms with Gasteiger partial charge in [-0.15, -0.1) is 0 Å². The van der Waals surface area contributed by atoms with Crippen LogP contribution in [0, 0.1) is 10.8 Å². The molecular formula is C13H23NO. The molecule has 2 heteroatoms. The summed E-state index contributed by atoms with van der Waals surface area (Å²) in [7, 11) is 0. The van der Waals surface area contributed by atoms with E-state index in [1.807, 2.05) is 6.92 Å². The molecule has 1 saturated heterocycles. The molecule has 0 radical (unpaired) electrons. The predicted octanol–water partition coefficient (Wildman–Crippen LogP) is 2.48. The van der Waals surface area contributed by atoms with Gasteiger partial charge in [0.2, 0.25) is 0 Å². The van der Waals surface area contributed by atoms with E-state index in [0.717, 1.165) is 19.5 Å². The molecule has 2 atom stereocenters. The van der Waals surface area contributed by atoms with Gasteiger partial charge >= 0.3 is 0 Å². The van der Waals surface area contributed by atoms with Crippen LogP contribution in [0.2, 0.25) is 0 Å². The van der Waals surface area contributed by atoms with Gasteiger partial charge in [-0.05, 0) is 30.2 Å². The third kappa shape index (κ3) is 1.54. The average molecular weight is 209 g/mol. The molecule has 0 bridgehead atoms. The highest BCUT2D eigenvalue weighted by Gasteiger charge is 2.65. The van der Waals surface area contributed by atoms with Gasteiger partial charge in [-0.2, -0.15) is 0 Å². The molecular weight excluding hydrogens is 186 g/mol. The van der Waals surface area contributed by atoms with Crippen molar-refractivity contribution < 1.29 is 4.79 Å². The number of nitrogens with zero attached hydrogens (tertiary/aromatic N) is 1. The van der Waals surface area contributed by atoms with Crippen LogP contribution >= 0.6 is 0 Å². The van der Waals surface area contributed by atoms with Crippen LogP contribution < -0.4 is 0 Å². The first kappa shape index (κ1) is 11.1. The van der Waals surface area contributed by atoms with Gasteiger partial charge < -0.3 is 0 Å². The molecule has 2 aliphatic rings. The molecule has 2 fully saturated rings. The van der Waals surface area contributed by atoms with Crippen LogP contribution in [0.1, 0.15) is 47.0 Å². The maximum Gasteiger partial charge on any atom is 0.149 e. The van der Waals surface area contributed by atoms with E-state index in [1.165, 1.54) is 6.42 Å². The van der Waals surface area contributed by atoms with E-state index >= 15 is 0 Å². The highest BCUT2D eigenvalue weighted by atomic mass is 16.1. The summed E-state index contributed by atoms with van der Waals surface area (Å²) in [6.45, 7) is 11.0. The molecule has 2 rings (SSSR count). The van der Waals surface area contributed by atoms with E-state index in [-0.39, 0.29) is 6.04 Å². The van der Waals surface area contributed by atoms with Crippen molar-refractivity contribution in [3.05, 3.63) is 0 Å². The summed E-state index contributed by atoms with van der Waals surface area (Å²) < 4.78 is 0. The van der Waals surface area contributed by atoms with Crippen molar-refractivity contribution in [1.82, 2.24) is 4.90 Å². The number of hydrogen-bond donors (Lipinski definition) is 0. The molecule has 1 aliphatic carbocycles. The van der Waals surface area contributed by atoms with Gasteiger partial charge in [0, 0.05) is 13.0 Å². The van der Waals surface area contributed by atoms with Crippen LogP contribution in [0.25, 0.3) is 0 Å². The lowest BCUT2D eigenvalue weighted by molar-refractivity contribution is -0.123. The molecule has 1 spiro atoms. The number of carbonyl (C=O) groups is 1. The Morgan fingerprint density at radius 3 is 2.40 bits per heavy atom. The van der Waals surface area contributed by atoms with E-state index in [9.17, 15) is 4.79 Å². The Morgan fingerprint density at radius 2 is 2.00 bits per heavy atom. The molecule has 0 unspecified atom stereocenters. The highest BCUT2D eigenvalue weighted by Crippen LogP contribution is 2.68. The normalized spacial score (nSPS) is 38.5. The first-order valence-electron chi connectivity index (χ1n) is 6.22. The number of Topliss-reactive ketones (excluding diaryl/α,β-unsaturated/α-hetero) is 1. The fraction of sp³-hybridized carbons (Fsp3) is 0.923. The quantitative estimate of drug-likeness (QED) is 0.711. The third-order valence-corrected chi connectivity index (χ3v) is 4.75. The summed E-state index contributed by atoms with van der Waals surface area (Å²) in [6, 6.07) is 0.224. The summed E-state index contributed by atoms with van der Waals surface area (Å²) >= 11 is 0. The van der Waals surface area contributed by atoms with Gasteiger partial charge in [0.1, 0.15) is 5.78 Å². The molecule has 1 aliphatic heterocycles. The molecule has 15 heavy (non-hydrogen) atoms. The van der Waals surface area contributed by atoms with Crippen LogP contribution in [0.3, 0.4) is 0 Å². The average Bonchev–Trinajstić information content (AvgIpc) is 2.59. The van der Waals surface area contributed by atoms with Crippen molar-refractivity contribution in [3.8, 4) is 0 Å². The minimum absolute atomic E-state index is 0.224. The first-order valence-corrected chi connectivity index (χ1v) is 6.22. The van der Waals surface area contributed by atoms with Crippen molar-refractivity contribution >= 4 is 5.78 Å². The Balaban J connectivity index is 2.12. The molecule has 2 nitrogen and oxygen atoms in total. The largest absolute Gasteiger partial charge is 0.298 e. The lowest BCUT2D eigenvalue weighted by Gasteiger charge is -2.20. The SMILES string of the molecule is CCC(=O)[C@@H]1C[C@@]2(CN1CC)CC2(C)C. The van der Waals surface area contributed by atoms with Crippen LogP contribution in [0.4, 0.5) is 0 Å². The van der Waals surface area contributed by atoms with E-state index in [2.05, 4.69) is 25.7 Å². The summed E-state index contributed by atoms with van der Waals surface area (Å²) in [5, 5.41) is 0. The second kappa shape index (κ2) is 3.31. The fourth-order valence-corrected chi connectivity index (χ4v) is 3.37. The second-order valence-corrected chi connectivity index (χ2v) is 5.94. The summed E-state index contributed by atoms with van der Waals surface area (Å²) in [4.78, 5) is 14.3. The number of likely N-dealkylation sites (tertiary alicyclic amines) is 1. The Kier molecular flexibility index (Phi) is 2.45. The zero-order valence-electron chi connectivity index (χ0n) is 10.5. The van der Waals surface area contributed by atoms with Crippen molar-refractivity contribution in [3.63, 3.8) is 0 Å². The zero-order valence-corrected chi connectivity index (χ0v) is 10.5. The van der Waals surface area contributed by atoms with Crippen LogP contribution in [-0.4, -0.2) is 29.8 Å². The number of ketones is 1. The molecule has 0 amide bonds. The van der Waals surface area contributed by atoms with Crippen molar-refractivity contribution in [2.45, 2.75) is 53.0 Å². The Bertz CT molecular complexity index is 284. The monoisotopic (exact) mass is 209 g/mol. The van der Waals surface area contributed by atoms with Crippen molar-refractivity contribution in [2.75, 3.05) is 13.1 Å².